The number of anilines is 1. The zero-order valence-corrected chi connectivity index (χ0v) is 11.3. The Kier molecular flexibility index (Phi) is 4.88. The van der Waals surface area contributed by atoms with Crippen molar-refractivity contribution in [3.8, 4) is 5.75 Å². The molecule has 3 heteroatoms. The van der Waals surface area contributed by atoms with Gasteiger partial charge in [0.05, 0.1) is 12.3 Å². The second kappa shape index (κ2) is 6.64. The van der Waals surface area contributed by atoms with E-state index in [0.29, 0.717) is 0 Å². The van der Waals surface area contributed by atoms with Crippen LogP contribution in [0, 0.1) is 0 Å². The molecule has 1 aromatic carbocycles. The van der Waals surface area contributed by atoms with Gasteiger partial charge in [0.2, 0.25) is 0 Å². The van der Waals surface area contributed by atoms with Gasteiger partial charge in [0.1, 0.15) is 5.75 Å². The third-order valence-corrected chi connectivity index (χ3v) is 3.42. The van der Waals surface area contributed by atoms with Gasteiger partial charge in [-0.2, -0.15) is 0 Å². The number of nitrogens with zero attached hydrogens (tertiary/aromatic N) is 1. The van der Waals surface area contributed by atoms with Gasteiger partial charge in [-0.25, -0.2) is 0 Å². The molecule has 2 N–H and O–H groups in total. The maximum Gasteiger partial charge on any atom is 0.142 e. The molecule has 0 bridgehead atoms. The predicted octanol–water partition coefficient (Wildman–Crippen LogP) is 2.79. The molecule has 1 heterocycles. The number of rotatable bonds is 5. The van der Waals surface area contributed by atoms with Gasteiger partial charge >= 0.3 is 0 Å². The van der Waals surface area contributed by atoms with Crippen LogP contribution >= 0.6 is 0 Å². The molecule has 0 unspecified atom stereocenters. The van der Waals surface area contributed by atoms with Gasteiger partial charge < -0.3 is 15.4 Å². The van der Waals surface area contributed by atoms with Crippen molar-refractivity contribution in [2.75, 3.05) is 24.6 Å². The molecule has 0 aliphatic carbocycles. The number of nitrogens with two attached hydrogens (primary N) is 1. The topological polar surface area (TPSA) is 38.5 Å². The van der Waals surface area contributed by atoms with Crippen LogP contribution in [0.3, 0.4) is 0 Å². The number of unbranched alkanes of at least 4 members (excludes halogenated alkanes) is 1. The summed E-state index contributed by atoms with van der Waals surface area (Å²) in [6.45, 7) is 4.98. The first-order valence-corrected chi connectivity index (χ1v) is 7.03. The molecular formula is C15H24N2O. The van der Waals surface area contributed by atoms with E-state index in [0.717, 1.165) is 38.3 Å². The van der Waals surface area contributed by atoms with Crippen LogP contribution in [0.25, 0.3) is 0 Å². The van der Waals surface area contributed by atoms with E-state index in [1.165, 1.54) is 18.5 Å². The number of ether oxygens (including phenoxy) is 1. The lowest BCUT2D eigenvalue weighted by atomic mass is 10.1. The highest BCUT2D eigenvalue weighted by Crippen LogP contribution is 2.30. The Morgan fingerprint density at radius 2 is 2.22 bits per heavy atom. The summed E-state index contributed by atoms with van der Waals surface area (Å²) in [6, 6.07) is 8.53. The number of fused-ring (bicyclic) bond motifs is 1. The molecule has 0 saturated carbocycles. The van der Waals surface area contributed by atoms with Crippen LogP contribution < -0.4 is 15.4 Å². The average Bonchev–Trinajstić information content (AvgIpc) is 2.59. The van der Waals surface area contributed by atoms with Crippen LogP contribution in [0.5, 0.6) is 5.75 Å². The smallest absolute Gasteiger partial charge is 0.142 e. The summed E-state index contributed by atoms with van der Waals surface area (Å²) >= 11 is 0. The van der Waals surface area contributed by atoms with Crippen molar-refractivity contribution in [3.63, 3.8) is 0 Å². The van der Waals surface area contributed by atoms with Crippen molar-refractivity contribution in [3.05, 3.63) is 24.3 Å². The zero-order valence-electron chi connectivity index (χ0n) is 11.3. The normalized spacial score (nSPS) is 16.7. The van der Waals surface area contributed by atoms with E-state index in [2.05, 4.69) is 24.0 Å². The number of para-hydroxylation sites is 2. The highest BCUT2D eigenvalue weighted by molar-refractivity contribution is 5.59. The molecule has 3 nitrogen and oxygen atoms in total. The Hall–Kier alpha value is -1.22. The molecular weight excluding hydrogens is 224 g/mol. The summed E-state index contributed by atoms with van der Waals surface area (Å²) in [5.41, 5.74) is 7.41. The molecule has 1 aliphatic rings. The quantitative estimate of drug-likeness (QED) is 0.871. The van der Waals surface area contributed by atoms with E-state index in [1.807, 2.05) is 12.1 Å². The van der Waals surface area contributed by atoms with Crippen LogP contribution in [0.15, 0.2) is 24.3 Å². The van der Waals surface area contributed by atoms with E-state index < -0.39 is 0 Å². The zero-order chi connectivity index (χ0) is 12.8. The largest absolute Gasteiger partial charge is 0.491 e. The highest BCUT2D eigenvalue weighted by Gasteiger charge is 2.17. The number of hydrogen-bond acceptors (Lipinski definition) is 3. The van der Waals surface area contributed by atoms with Crippen LogP contribution in [-0.2, 0) is 0 Å². The van der Waals surface area contributed by atoms with Crippen molar-refractivity contribution < 1.29 is 4.74 Å². The third kappa shape index (κ3) is 3.39. The monoisotopic (exact) mass is 248 g/mol. The van der Waals surface area contributed by atoms with Crippen LogP contribution in [0.4, 0.5) is 5.69 Å². The Morgan fingerprint density at radius 3 is 3.06 bits per heavy atom. The second-order valence-electron chi connectivity index (χ2n) is 5.02. The standard InChI is InChI=1S/C15H24N2O/c1-2-3-7-13(16)12-17-10-6-11-18-15-9-5-4-8-14(15)17/h4-5,8-9,13H,2-3,6-7,10-12,16H2,1H3/t13-/m0/s1. The molecule has 1 atom stereocenters. The Labute approximate surface area is 110 Å². The highest BCUT2D eigenvalue weighted by atomic mass is 16.5. The molecule has 0 amide bonds. The molecule has 0 radical (unpaired) electrons. The van der Waals surface area contributed by atoms with Crippen molar-refractivity contribution in [1.82, 2.24) is 0 Å². The molecule has 1 aromatic rings. The maximum atomic E-state index is 6.22. The van der Waals surface area contributed by atoms with Gasteiger partial charge in [-0.3, -0.25) is 0 Å². The molecule has 2 rings (SSSR count). The number of hydrogen-bond donors (Lipinski definition) is 1. The fourth-order valence-electron chi connectivity index (χ4n) is 2.43. The lowest BCUT2D eigenvalue weighted by Gasteiger charge is -2.27. The summed E-state index contributed by atoms with van der Waals surface area (Å²) in [5.74, 6) is 0.998. The fourth-order valence-corrected chi connectivity index (χ4v) is 2.43. The van der Waals surface area contributed by atoms with Crippen molar-refractivity contribution >= 4 is 5.69 Å². The number of benzene rings is 1. The third-order valence-electron chi connectivity index (χ3n) is 3.42. The first-order chi connectivity index (χ1) is 8.81. The molecule has 0 fully saturated rings. The lowest BCUT2D eigenvalue weighted by Crippen LogP contribution is -2.38. The minimum absolute atomic E-state index is 0.260. The summed E-state index contributed by atoms with van der Waals surface area (Å²) in [5, 5.41) is 0. The molecule has 0 spiro atoms. The molecule has 100 valence electrons. The minimum atomic E-state index is 0.260. The summed E-state index contributed by atoms with van der Waals surface area (Å²) in [7, 11) is 0. The van der Waals surface area contributed by atoms with Gasteiger partial charge in [0, 0.05) is 19.1 Å². The van der Waals surface area contributed by atoms with Crippen molar-refractivity contribution in [1.29, 1.82) is 0 Å². The van der Waals surface area contributed by atoms with Crippen LogP contribution in [0.1, 0.15) is 32.6 Å². The lowest BCUT2D eigenvalue weighted by molar-refractivity contribution is 0.322. The minimum Gasteiger partial charge on any atom is -0.491 e. The molecule has 18 heavy (non-hydrogen) atoms. The summed E-state index contributed by atoms with van der Waals surface area (Å²) in [4.78, 5) is 2.38. The van der Waals surface area contributed by atoms with Gasteiger partial charge in [0.25, 0.3) is 0 Å². The first-order valence-electron chi connectivity index (χ1n) is 7.03. The van der Waals surface area contributed by atoms with E-state index in [9.17, 15) is 0 Å². The van der Waals surface area contributed by atoms with Gasteiger partial charge in [-0.1, -0.05) is 31.9 Å². The summed E-state index contributed by atoms with van der Waals surface area (Å²) < 4.78 is 5.76. The predicted molar refractivity (Wildman–Crippen MR) is 76.3 cm³/mol. The molecule has 0 aromatic heterocycles. The van der Waals surface area contributed by atoms with Gasteiger partial charge in [-0.15, -0.1) is 0 Å². The van der Waals surface area contributed by atoms with Gasteiger partial charge in [0.15, 0.2) is 0 Å². The first kappa shape index (κ1) is 13.2. The summed E-state index contributed by atoms with van der Waals surface area (Å²) in [6.07, 6.45) is 4.60. The fraction of sp³-hybridized carbons (Fsp3) is 0.600. The van der Waals surface area contributed by atoms with E-state index in [-0.39, 0.29) is 6.04 Å². The maximum absolute atomic E-state index is 6.22. The van der Waals surface area contributed by atoms with Crippen molar-refractivity contribution in [2.45, 2.75) is 38.6 Å². The van der Waals surface area contributed by atoms with Crippen LogP contribution in [-0.4, -0.2) is 25.7 Å². The van der Waals surface area contributed by atoms with Crippen LogP contribution in [0.2, 0.25) is 0 Å². The molecule has 1 aliphatic heterocycles. The molecule has 0 saturated heterocycles. The van der Waals surface area contributed by atoms with Gasteiger partial charge in [-0.05, 0) is 25.0 Å². The SMILES string of the molecule is CCCC[C@H](N)CN1CCCOc2ccccc21. The Bertz CT molecular complexity index is 367. The average molecular weight is 248 g/mol. The van der Waals surface area contributed by atoms with Crippen molar-refractivity contribution in [2.24, 2.45) is 5.73 Å². The Balaban J connectivity index is 2.03. The second-order valence-corrected chi connectivity index (χ2v) is 5.02. The van der Waals surface area contributed by atoms with E-state index in [4.69, 9.17) is 10.5 Å². The van der Waals surface area contributed by atoms with E-state index in [1.54, 1.807) is 0 Å². The van der Waals surface area contributed by atoms with E-state index >= 15 is 0 Å². The Morgan fingerprint density at radius 1 is 1.39 bits per heavy atom.